The van der Waals surface area contributed by atoms with E-state index in [4.69, 9.17) is 26.1 Å². The van der Waals surface area contributed by atoms with Crippen molar-refractivity contribution >= 4 is 22.6 Å². The van der Waals surface area contributed by atoms with Gasteiger partial charge in [0.15, 0.2) is 0 Å². The van der Waals surface area contributed by atoms with Crippen LogP contribution in [-0.4, -0.2) is 22.3 Å². The molecule has 1 atom stereocenters. The SMILES string of the molecule is Cc1ccc(OCc2nc3cc(Cl)ccc3n2CC2CCCO2)cc1. The summed E-state index contributed by atoms with van der Waals surface area (Å²) in [6.07, 6.45) is 2.45. The van der Waals surface area contributed by atoms with E-state index >= 15 is 0 Å². The smallest absolute Gasteiger partial charge is 0.148 e. The number of nitrogens with zero attached hydrogens (tertiary/aromatic N) is 2. The van der Waals surface area contributed by atoms with Crippen molar-refractivity contribution in [3.63, 3.8) is 0 Å². The van der Waals surface area contributed by atoms with E-state index in [0.29, 0.717) is 11.6 Å². The maximum atomic E-state index is 6.13. The highest BCUT2D eigenvalue weighted by Gasteiger charge is 2.20. The molecule has 2 heterocycles. The van der Waals surface area contributed by atoms with E-state index in [2.05, 4.69) is 11.5 Å². The Hall–Kier alpha value is -2.04. The van der Waals surface area contributed by atoms with Crippen LogP contribution in [0.3, 0.4) is 0 Å². The minimum absolute atomic E-state index is 0.242. The van der Waals surface area contributed by atoms with Crippen LogP contribution in [0.2, 0.25) is 5.02 Å². The molecular weight excluding hydrogens is 336 g/mol. The van der Waals surface area contributed by atoms with Gasteiger partial charge in [-0.1, -0.05) is 29.3 Å². The van der Waals surface area contributed by atoms with Crippen molar-refractivity contribution < 1.29 is 9.47 Å². The van der Waals surface area contributed by atoms with Gasteiger partial charge in [0.05, 0.1) is 23.7 Å². The lowest BCUT2D eigenvalue weighted by atomic mass is 10.2. The third kappa shape index (κ3) is 3.65. The Morgan fingerprint density at radius 3 is 2.84 bits per heavy atom. The Morgan fingerprint density at radius 2 is 2.08 bits per heavy atom. The van der Waals surface area contributed by atoms with Crippen molar-refractivity contribution in [1.82, 2.24) is 9.55 Å². The van der Waals surface area contributed by atoms with E-state index in [1.807, 2.05) is 42.5 Å². The quantitative estimate of drug-likeness (QED) is 0.661. The highest BCUT2D eigenvalue weighted by Crippen LogP contribution is 2.24. The second kappa shape index (κ2) is 7.06. The average Bonchev–Trinajstić information content (AvgIpc) is 3.23. The van der Waals surface area contributed by atoms with Crippen LogP contribution in [0.15, 0.2) is 42.5 Å². The first-order valence-corrected chi connectivity index (χ1v) is 9.02. The molecule has 4 nitrogen and oxygen atoms in total. The van der Waals surface area contributed by atoms with Crippen molar-refractivity contribution in [2.75, 3.05) is 6.61 Å². The molecule has 0 saturated carbocycles. The van der Waals surface area contributed by atoms with E-state index in [-0.39, 0.29) is 6.10 Å². The minimum Gasteiger partial charge on any atom is -0.486 e. The number of hydrogen-bond donors (Lipinski definition) is 0. The first-order chi connectivity index (χ1) is 12.2. The maximum Gasteiger partial charge on any atom is 0.148 e. The summed E-state index contributed by atoms with van der Waals surface area (Å²) < 4.78 is 14.0. The van der Waals surface area contributed by atoms with E-state index in [0.717, 1.165) is 48.6 Å². The first-order valence-electron chi connectivity index (χ1n) is 8.65. The zero-order chi connectivity index (χ0) is 17.2. The molecule has 0 aliphatic carbocycles. The van der Waals surface area contributed by atoms with Crippen LogP contribution in [-0.2, 0) is 17.9 Å². The lowest BCUT2D eigenvalue weighted by Crippen LogP contribution is -2.17. The second-order valence-electron chi connectivity index (χ2n) is 6.51. The largest absolute Gasteiger partial charge is 0.486 e. The van der Waals surface area contributed by atoms with Gasteiger partial charge in [-0.15, -0.1) is 0 Å². The molecule has 2 aromatic carbocycles. The Labute approximate surface area is 152 Å². The number of halogens is 1. The fourth-order valence-corrected chi connectivity index (χ4v) is 3.41. The molecule has 1 saturated heterocycles. The van der Waals surface area contributed by atoms with Crippen molar-refractivity contribution in [1.29, 1.82) is 0 Å². The topological polar surface area (TPSA) is 36.3 Å². The molecule has 130 valence electrons. The number of fused-ring (bicyclic) bond motifs is 1. The van der Waals surface area contributed by atoms with E-state index in [9.17, 15) is 0 Å². The highest BCUT2D eigenvalue weighted by atomic mass is 35.5. The van der Waals surface area contributed by atoms with Gasteiger partial charge < -0.3 is 14.0 Å². The maximum absolute atomic E-state index is 6.13. The van der Waals surface area contributed by atoms with E-state index in [1.165, 1.54) is 5.56 Å². The normalized spacial score (nSPS) is 17.3. The van der Waals surface area contributed by atoms with Crippen LogP contribution >= 0.6 is 11.6 Å². The molecular formula is C20H21ClN2O2. The van der Waals surface area contributed by atoms with Gasteiger partial charge in [-0.25, -0.2) is 4.98 Å². The molecule has 0 spiro atoms. The van der Waals surface area contributed by atoms with Crippen molar-refractivity contribution in [2.24, 2.45) is 0 Å². The first kappa shape index (κ1) is 16.4. The summed E-state index contributed by atoms with van der Waals surface area (Å²) >= 11 is 6.13. The summed E-state index contributed by atoms with van der Waals surface area (Å²) in [4.78, 5) is 4.75. The molecule has 0 N–H and O–H groups in total. The van der Waals surface area contributed by atoms with Crippen molar-refractivity contribution in [3.8, 4) is 5.75 Å². The van der Waals surface area contributed by atoms with E-state index < -0.39 is 0 Å². The molecule has 1 aromatic heterocycles. The summed E-state index contributed by atoms with van der Waals surface area (Å²) in [7, 11) is 0. The molecule has 1 aliphatic rings. The second-order valence-corrected chi connectivity index (χ2v) is 6.94. The van der Waals surface area contributed by atoms with Gasteiger partial charge in [0.1, 0.15) is 18.2 Å². The number of ether oxygens (including phenoxy) is 2. The van der Waals surface area contributed by atoms with Crippen LogP contribution < -0.4 is 4.74 Å². The van der Waals surface area contributed by atoms with Crippen LogP contribution in [0.1, 0.15) is 24.2 Å². The number of hydrogen-bond acceptors (Lipinski definition) is 3. The number of benzene rings is 2. The number of rotatable bonds is 5. The molecule has 1 fully saturated rings. The van der Waals surface area contributed by atoms with Gasteiger partial charge >= 0.3 is 0 Å². The molecule has 0 amide bonds. The molecule has 0 bridgehead atoms. The Balaban J connectivity index is 1.62. The molecule has 0 radical (unpaired) electrons. The van der Waals surface area contributed by atoms with Crippen LogP contribution in [0, 0.1) is 6.92 Å². The lowest BCUT2D eigenvalue weighted by molar-refractivity contribution is 0.0963. The van der Waals surface area contributed by atoms with E-state index in [1.54, 1.807) is 0 Å². The zero-order valence-corrected chi connectivity index (χ0v) is 15.0. The molecule has 1 unspecified atom stereocenters. The summed E-state index contributed by atoms with van der Waals surface area (Å²) in [5.41, 5.74) is 3.18. The zero-order valence-electron chi connectivity index (χ0n) is 14.2. The molecule has 1 aliphatic heterocycles. The van der Waals surface area contributed by atoms with Gasteiger partial charge in [-0.2, -0.15) is 0 Å². The molecule has 5 heteroatoms. The van der Waals surface area contributed by atoms with Gasteiger partial charge in [0.25, 0.3) is 0 Å². The predicted molar refractivity (Wildman–Crippen MR) is 99.2 cm³/mol. The van der Waals surface area contributed by atoms with Crippen LogP contribution in [0.5, 0.6) is 5.75 Å². The van der Waals surface area contributed by atoms with Gasteiger partial charge in [-0.3, -0.25) is 0 Å². The molecule has 4 rings (SSSR count). The Morgan fingerprint density at radius 1 is 1.24 bits per heavy atom. The fourth-order valence-electron chi connectivity index (χ4n) is 3.24. The highest BCUT2D eigenvalue weighted by molar-refractivity contribution is 6.31. The minimum atomic E-state index is 0.242. The summed E-state index contributed by atoms with van der Waals surface area (Å²) in [6.45, 7) is 4.12. The van der Waals surface area contributed by atoms with Crippen molar-refractivity contribution in [2.45, 2.75) is 39.0 Å². The Bertz CT molecular complexity index is 867. The lowest BCUT2D eigenvalue weighted by Gasteiger charge is -2.14. The standard InChI is InChI=1S/C20H21ClN2O2/c1-14-4-7-16(8-5-14)25-13-20-22-18-11-15(21)6-9-19(18)23(20)12-17-3-2-10-24-17/h4-9,11,17H,2-3,10,12-13H2,1H3. The van der Waals surface area contributed by atoms with Crippen LogP contribution in [0.25, 0.3) is 11.0 Å². The van der Waals surface area contributed by atoms with Crippen LogP contribution in [0.4, 0.5) is 0 Å². The number of aromatic nitrogens is 2. The molecule has 25 heavy (non-hydrogen) atoms. The monoisotopic (exact) mass is 356 g/mol. The van der Waals surface area contributed by atoms with Crippen molar-refractivity contribution in [3.05, 3.63) is 58.9 Å². The van der Waals surface area contributed by atoms with Gasteiger partial charge in [0.2, 0.25) is 0 Å². The number of aryl methyl sites for hydroxylation is 1. The summed E-state index contributed by atoms with van der Waals surface area (Å²) in [6, 6.07) is 13.9. The average molecular weight is 357 g/mol. The van der Waals surface area contributed by atoms with Gasteiger partial charge in [0, 0.05) is 11.6 Å². The summed E-state index contributed by atoms with van der Waals surface area (Å²) in [5.74, 6) is 1.74. The predicted octanol–water partition coefficient (Wildman–Crippen LogP) is 4.76. The number of imidazole rings is 1. The van der Waals surface area contributed by atoms with Gasteiger partial charge in [-0.05, 0) is 50.1 Å². The Kier molecular flexibility index (Phi) is 4.64. The summed E-state index contributed by atoms with van der Waals surface area (Å²) in [5, 5.41) is 0.695. The fraction of sp³-hybridized carbons (Fsp3) is 0.350. The third-order valence-corrected chi connectivity index (χ3v) is 4.82. The third-order valence-electron chi connectivity index (χ3n) is 4.59. The molecule has 3 aromatic rings.